The van der Waals surface area contributed by atoms with Gasteiger partial charge in [0.05, 0.1) is 0 Å². The third kappa shape index (κ3) is 3.17. The van der Waals surface area contributed by atoms with Gasteiger partial charge >= 0.3 is 0 Å². The molecule has 0 fully saturated rings. The number of nitrogens with one attached hydrogen (secondary N) is 1. The molecule has 0 aliphatic rings. The second-order valence-corrected chi connectivity index (χ2v) is 4.61. The van der Waals surface area contributed by atoms with Crippen LogP contribution in [-0.4, -0.2) is 10.9 Å². The van der Waals surface area contributed by atoms with Crippen LogP contribution in [0.2, 0.25) is 0 Å². The van der Waals surface area contributed by atoms with Crippen molar-refractivity contribution < 1.29 is 4.79 Å². The lowest BCUT2D eigenvalue weighted by Crippen LogP contribution is -2.48. The van der Waals surface area contributed by atoms with Gasteiger partial charge in [0.1, 0.15) is 5.54 Å². The SMILES string of the molecule is CC(N)(C(=O)NCc1cccnc1)c1ccccc1. The highest BCUT2D eigenvalue weighted by Crippen LogP contribution is 2.17. The van der Waals surface area contributed by atoms with Crippen molar-refractivity contribution in [3.63, 3.8) is 0 Å². The molecule has 0 saturated carbocycles. The molecule has 1 atom stereocenters. The van der Waals surface area contributed by atoms with Crippen LogP contribution < -0.4 is 11.1 Å². The Hall–Kier alpha value is -2.20. The Bertz CT molecular complexity index is 538. The number of rotatable bonds is 4. The maximum atomic E-state index is 12.2. The monoisotopic (exact) mass is 255 g/mol. The van der Waals surface area contributed by atoms with Gasteiger partial charge < -0.3 is 11.1 Å². The van der Waals surface area contributed by atoms with Crippen LogP contribution in [0.5, 0.6) is 0 Å². The Morgan fingerprint density at radius 1 is 1.26 bits per heavy atom. The fraction of sp³-hybridized carbons (Fsp3) is 0.200. The maximum absolute atomic E-state index is 12.2. The first-order valence-corrected chi connectivity index (χ1v) is 6.12. The molecular weight excluding hydrogens is 238 g/mol. The predicted octanol–water partition coefficient (Wildman–Crippen LogP) is 1.57. The number of benzene rings is 1. The number of nitrogens with two attached hydrogens (primary N) is 1. The summed E-state index contributed by atoms with van der Waals surface area (Å²) in [5, 5.41) is 2.83. The second kappa shape index (κ2) is 5.63. The van der Waals surface area contributed by atoms with Gasteiger partial charge in [-0.15, -0.1) is 0 Å². The van der Waals surface area contributed by atoms with Gasteiger partial charge in [0, 0.05) is 18.9 Å². The van der Waals surface area contributed by atoms with Crippen molar-refractivity contribution in [2.45, 2.75) is 19.0 Å². The molecule has 2 aromatic rings. The Kier molecular flexibility index (Phi) is 3.92. The van der Waals surface area contributed by atoms with E-state index in [1.807, 2.05) is 42.5 Å². The molecule has 1 heterocycles. The summed E-state index contributed by atoms with van der Waals surface area (Å²) >= 11 is 0. The van der Waals surface area contributed by atoms with Gasteiger partial charge in [-0.3, -0.25) is 9.78 Å². The summed E-state index contributed by atoms with van der Waals surface area (Å²) in [5.41, 5.74) is 6.81. The highest BCUT2D eigenvalue weighted by atomic mass is 16.2. The van der Waals surface area contributed by atoms with Crippen LogP contribution >= 0.6 is 0 Å². The average molecular weight is 255 g/mol. The van der Waals surface area contributed by atoms with E-state index in [4.69, 9.17) is 5.73 Å². The minimum Gasteiger partial charge on any atom is -0.350 e. The zero-order valence-electron chi connectivity index (χ0n) is 10.8. The summed E-state index contributed by atoms with van der Waals surface area (Å²) in [6.45, 7) is 2.13. The van der Waals surface area contributed by atoms with Crippen LogP contribution in [0.25, 0.3) is 0 Å². The summed E-state index contributed by atoms with van der Waals surface area (Å²) in [6, 6.07) is 13.1. The molecule has 4 nitrogen and oxygen atoms in total. The van der Waals surface area contributed by atoms with Gasteiger partial charge in [0.25, 0.3) is 0 Å². The smallest absolute Gasteiger partial charge is 0.244 e. The molecule has 0 spiro atoms. The second-order valence-electron chi connectivity index (χ2n) is 4.61. The molecular formula is C15H17N3O. The lowest BCUT2D eigenvalue weighted by molar-refractivity contribution is -0.126. The van der Waals surface area contributed by atoms with Crippen LogP contribution in [0.4, 0.5) is 0 Å². The molecule has 0 bridgehead atoms. The fourth-order valence-electron chi connectivity index (χ4n) is 1.78. The van der Waals surface area contributed by atoms with Crippen LogP contribution in [0.3, 0.4) is 0 Å². The van der Waals surface area contributed by atoms with Crippen molar-refractivity contribution in [3.05, 3.63) is 66.0 Å². The van der Waals surface area contributed by atoms with Gasteiger partial charge in [0.2, 0.25) is 5.91 Å². The van der Waals surface area contributed by atoms with Gasteiger partial charge in [-0.05, 0) is 24.1 Å². The van der Waals surface area contributed by atoms with E-state index >= 15 is 0 Å². The molecule has 2 rings (SSSR count). The number of carbonyl (C=O) groups excluding carboxylic acids is 1. The van der Waals surface area contributed by atoms with Gasteiger partial charge in [0.15, 0.2) is 0 Å². The van der Waals surface area contributed by atoms with Gasteiger partial charge in [-0.1, -0.05) is 36.4 Å². The summed E-state index contributed by atoms with van der Waals surface area (Å²) in [7, 11) is 0. The third-order valence-electron chi connectivity index (χ3n) is 3.02. The molecule has 1 aromatic carbocycles. The van der Waals surface area contributed by atoms with E-state index in [2.05, 4.69) is 10.3 Å². The van der Waals surface area contributed by atoms with E-state index in [1.165, 1.54) is 0 Å². The van der Waals surface area contributed by atoms with Crippen molar-refractivity contribution in [1.29, 1.82) is 0 Å². The molecule has 1 amide bonds. The van der Waals surface area contributed by atoms with E-state index in [0.717, 1.165) is 11.1 Å². The number of hydrogen-bond acceptors (Lipinski definition) is 3. The lowest BCUT2D eigenvalue weighted by atomic mass is 9.92. The topological polar surface area (TPSA) is 68.0 Å². The van der Waals surface area contributed by atoms with Crippen molar-refractivity contribution >= 4 is 5.91 Å². The number of hydrogen-bond donors (Lipinski definition) is 2. The predicted molar refractivity (Wildman–Crippen MR) is 74.1 cm³/mol. The molecule has 0 radical (unpaired) electrons. The number of pyridine rings is 1. The quantitative estimate of drug-likeness (QED) is 0.871. The number of nitrogens with zero attached hydrogens (tertiary/aromatic N) is 1. The number of amides is 1. The van der Waals surface area contributed by atoms with Gasteiger partial charge in [-0.25, -0.2) is 0 Å². The molecule has 1 aromatic heterocycles. The van der Waals surface area contributed by atoms with Crippen LogP contribution in [0, 0.1) is 0 Å². The Labute approximate surface area is 112 Å². The summed E-state index contributed by atoms with van der Waals surface area (Å²) in [4.78, 5) is 16.2. The molecule has 0 aliphatic carbocycles. The fourth-order valence-corrected chi connectivity index (χ4v) is 1.78. The van der Waals surface area contributed by atoms with Crippen molar-refractivity contribution in [1.82, 2.24) is 10.3 Å². The highest BCUT2D eigenvalue weighted by molar-refractivity contribution is 5.86. The zero-order chi connectivity index (χ0) is 13.7. The molecule has 0 aliphatic heterocycles. The lowest BCUT2D eigenvalue weighted by Gasteiger charge is -2.24. The van der Waals surface area contributed by atoms with Crippen LogP contribution in [-0.2, 0) is 16.9 Å². The largest absolute Gasteiger partial charge is 0.350 e. The van der Waals surface area contributed by atoms with E-state index in [9.17, 15) is 4.79 Å². The first kappa shape index (κ1) is 13.2. The highest BCUT2D eigenvalue weighted by Gasteiger charge is 2.29. The van der Waals surface area contributed by atoms with Crippen molar-refractivity contribution in [3.8, 4) is 0 Å². The average Bonchev–Trinajstić information content (AvgIpc) is 2.46. The Morgan fingerprint density at radius 3 is 2.63 bits per heavy atom. The van der Waals surface area contributed by atoms with Crippen LogP contribution in [0.15, 0.2) is 54.9 Å². The molecule has 3 N–H and O–H groups in total. The number of carbonyl (C=O) groups is 1. The first-order chi connectivity index (χ1) is 9.10. The third-order valence-corrected chi connectivity index (χ3v) is 3.02. The maximum Gasteiger partial charge on any atom is 0.244 e. The molecule has 1 unspecified atom stereocenters. The normalized spacial score (nSPS) is 13.6. The minimum absolute atomic E-state index is 0.206. The molecule has 98 valence electrons. The molecule has 19 heavy (non-hydrogen) atoms. The van der Waals surface area contributed by atoms with E-state index in [0.29, 0.717) is 6.54 Å². The summed E-state index contributed by atoms with van der Waals surface area (Å²) in [6.07, 6.45) is 3.42. The Morgan fingerprint density at radius 2 is 2.00 bits per heavy atom. The van der Waals surface area contributed by atoms with Crippen LogP contribution in [0.1, 0.15) is 18.1 Å². The Balaban J connectivity index is 2.03. The van der Waals surface area contributed by atoms with Crippen molar-refractivity contribution in [2.24, 2.45) is 5.73 Å². The van der Waals surface area contributed by atoms with Crippen molar-refractivity contribution in [2.75, 3.05) is 0 Å². The molecule has 0 saturated heterocycles. The summed E-state index contributed by atoms with van der Waals surface area (Å²) < 4.78 is 0. The van der Waals surface area contributed by atoms with E-state index in [-0.39, 0.29) is 5.91 Å². The van der Waals surface area contributed by atoms with E-state index < -0.39 is 5.54 Å². The van der Waals surface area contributed by atoms with E-state index in [1.54, 1.807) is 19.3 Å². The zero-order valence-corrected chi connectivity index (χ0v) is 10.8. The first-order valence-electron chi connectivity index (χ1n) is 6.12. The van der Waals surface area contributed by atoms with Gasteiger partial charge in [-0.2, -0.15) is 0 Å². The summed E-state index contributed by atoms with van der Waals surface area (Å²) in [5.74, 6) is -0.206. The molecule has 4 heteroatoms. The standard InChI is InChI=1S/C15H17N3O/c1-15(16,13-7-3-2-4-8-13)14(19)18-11-12-6-5-9-17-10-12/h2-10H,11,16H2,1H3,(H,18,19). The minimum atomic E-state index is -1.04. The number of aromatic nitrogens is 1.